The minimum atomic E-state index is -0.115. The zero-order valence-corrected chi connectivity index (χ0v) is 10.7. The Morgan fingerprint density at radius 1 is 1.56 bits per heavy atom. The van der Waals surface area contributed by atoms with Crippen LogP contribution in [0.5, 0.6) is 0 Å². The van der Waals surface area contributed by atoms with Gasteiger partial charge in [-0.2, -0.15) is 0 Å². The fourth-order valence-corrected chi connectivity index (χ4v) is 1.45. The van der Waals surface area contributed by atoms with Gasteiger partial charge in [0.05, 0.1) is 0 Å². The molecule has 0 unspecified atom stereocenters. The number of ether oxygens (including phenoxy) is 1. The van der Waals surface area contributed by atoms with Crippen molar-refractivity contribution in [2.24, 2.45) is 0 Å². The average Bonchev–Trinajstić information content (AvgIpc) is 2.28. The summed E-state index contributed by atoms with van der Waals surface area (Å²) in [4.78, 5) is 11.6. The molecule has 1 aromatic rings. The van der Waals surface area contributed by atoms with Crippen LogP contribution < -0.4 is 11.1 Å². The minimum Gasteiger partial charge on any atom is -0.398 e. The second-order valence-electron chi connectivity index (χ2n) is 3.34. The first-order valence-corrected chi connectivity index (χ1v) is 5.76. The zero-order valence-electron chi connectivity index (χ0n) is 9.13. The van der Waals surface area contributed by atoms with Crippen LogP contribution in [-0.2, 0) is 4.74 Å². The van der Waals surface area contributed by atoms with Gasteiger partial charge in [0.15, 0.2) is 0 Å². The average molecular weight is 287 g/mol. The molecule has 0 aliphatic heterocycles. The number of rotatable bonds is 5. The predicted octanol–water partition coefficient (Wildman–Crippen LogP) is 1.80. The number of nitrogens with two attached hydrogens (primary N) is 1. The number of benzene rings is 1. The Labute approximate surface area is 103 Å². The number of nitrogens with one attached hydrogen (secondary N) is 1. The lowest BCUT2D eigenvalue weighted by Gasteiger charge is -2.06. The van der Waals surface area contributed by atoms with Gasteiger partial charge in [0.25, 0.3) is 5.91 Å². The van der Waals surface area contributed by atoms with Crippen LogP contribution in [-0.4, -0.2) is 26.2 Å². The molecule has 4 nitrogen and oxygen atoms in total. The van der Waals surface area contributed by atoms with Crippen molar-refractivity contribution >= 4 is 27.5 Å². The highest BCUT2D eigenvalue weighted by atomic mass is 79.9. The Morgan fingerprint density at radius 2 is 2.31 bits per heavy atom. The third-order valence-electron chi connectivity index (χ3n) is 2.07. The zero-order chi connectivity index (χ0) is 12.0. The fraction of sp³-hybridized carbons (Fsp3) is 0.364. The molecule has 0 aliphatic rings. The highest BCUT2D eigenvalue weighted by molar-refractivity contribution is 9.10. The van der Waals surface area contributed by atoms with E-state index in [0.29, 0.717) is 24.4 Å². The molecule has 0 saturated carbocycles. The molecule has 0 spiro atoms. The Bertz CT molecular complexity index is 369. The van der Waals surface area contributed by atoms with Crippen LogP contribution in [0.15, 0.2) is 22.7 Å². The molecule has 16 heavy (non-hydrogen) atoms. The highest BCUT2D eigenvalue weighted by Gasteiger charge is 2.06. The number of carbonyl (C=O) groups excluding carboxylic acids is 1. The topological polar surface area (TPSA) is 64.3 Å². The maximum atomic E-state index is 11.6. The predicted molar refractivity (Wildman–Crippen MR) is 67.4 cm³/mol. The minimum absolute atomic E-state index is 0.115. The summed E-state index contributed by atoms with van der Waals surface area (Å²) in [5.74, 6) is -0.115. The van der Waals surface area contributed by atoms with Crippen LogP contribution in [0.3, 0.4) is 0 Å². The summed E-state index contributed by atoms with van der Waals surface area (Å²) in [6, 6.07) is 5.14. The maximum absolute atomic E-state index is 11.6. The van der Waals surface area contributed by atoms with E-state index in [1.165, 1.54) is 0 Å². The lowest BCUT2D eigenvalue weighted by Crippen LogP contribution is -2.25. The second-order valence-corrected chi connectivity index (χ2v) is 4.19. The van der Waals surface area contributed by atoms with Crippen molar-refractivity contribution in [3.8, 4) is 0 Å². The van der Waals surface area contributed by atoms with Crippen LogP contribution in [0, 0.1) is 0 Å². The molecule has 0 bridgehead atoms. The van der Waals surface area contributed by atoms with Crippen LogP contribution in [0.1, 0.15) is 16.8 Å². The molecule has 0 aromatic heterocycles. The Balaban J connectivity index is 2.50. The van der Waals surface area contributed by atoms with E-state index in [4.69, 9.17) is 10.5 Å². The van der Waals surface area contributed by atoms with Crippen molar-refractivity contribution in [2.75, 3.05) is 26.0 Å². The van der Waals surface area contributed by atoms with Gasteiger partial charge in [-0.25, -0.2) is 0 Å². The van der Waals surface area contributed by atoms with E-state index in [1.54, 1.807) is 25.3 Å². The van der Waals surface area contributed by atoms with Gasteiger partial charge in [-0.3, -0.25) is 4.79 Å². The van der Waals surface area contributed by atoms with Crippen molar-refractivity contribution in [1.29, 1.82) is 0 Å². The Morgan fingerprint density at radius 3 is 2.94 bits per heavy atom. The van der Waals surface area contributed by atoms with E-state index in [1.807, 2.05) is 0 Å². The number of carbonyl (C=O) groups is 1. The summed E-state index contributed by atoms with van der Waals surface area (Å²) < 4.78 is 5.68. The summed E-state index contributed by atoms with van der Waals surface area (Å²) >= 11 is 3.28. The van der Waals surface area contributed by atoms with E-state index >= 15 is 0 Å². The summed E-state index contributed by atoms with van der Waals surface area (Å²) in [6.45, 7) is 1.24. The first-order chi connectivity index (χ1) is 7.65. The van der Waals surface area contributed by atoms with E-state index in [0.717, 1.165) is 10.9 Å². The number of halogens is 1. The molecule has 0 aliphatic carbocycles. The first kappa shape index (κ1) is 13.0. The fourth-order valence-electron chi connectivity index (χ4n) is 1.21. The molecule has 3 N–H and O–H groups in total. The summed E-state index contributed by atoms with van der Waals surface area (Å²) in [6.07, 6.45) is 0.800. The summed E-state index contributed by atoms with van der Waals surface area (Å²) in [5.41, 5.74) is 6.82. The quantitative estimate of drug-likeness (QED) is 0.641. The lowest BCUT2D eigenvalue weighted by molar-refractivity contribution is 0.0948. The second kappa shape index (κ2) is 6.50. The van der Waals surface area contributed by atoms with Gasteiger partial charge in [0.2, 0.25) is 0 Å². The van der Waals surface area contributed by atoms with Gasteiger partial charge in [-0.15, -0.1) is 0 Å². The van der Waals surface area contributed by atoms with Crippen molar-refractivity contribution < 1.29 is 9.53 Å². The number of nitrogen functional groups attached to an aromatic ring is 1. The van der Waals surface area contributed by atoms with E-state index < -0.39 is 0 Å². The van der Waals surface area contributed by atoms with Crippen molar-refractivity contribution in [3.63, 3.8) is 0 Å². The summed E-state index contributed by atoms with van der Waals surface area (Å²) in [5, 5.41) is 2.79. The molecule has 5 heteroatoms. The molecule has 1 aromatic carbocycles. The smallest absolute Gasteiger partial charge is 0.251 e. The third-order valence-corrected chi connectivity index (χ3v) is 2.79. The number of amides is 1. The third kappa shape index (κ3) is 3.83. The SMILES string of the molecule is COCCCNC(=O)c1ccc(Br)c(N)c1. The molecule has 1 amide bonds. The van der Waals surface area contributed by atoms with Gasteiger partial charge in [0, 0.05) is 36.0 Å². The van der Waals surface area contributed by atoms with E-state index in [2.05, 4.69) is 21.2 Å². The van der Waals surface area contributed by atoms with Crippen molar-refractivity contribution in [3.05, 3.63) is 28.2 Å². The molecule has 0 saturated heterocycles. The lowest BCUT2D eigenvalue weighted by atomic mass is 10.2. The number of methoxy groups -OCH3 is 1. The van der Waals surface area contributed by atoms with Crippen LogP contribution in [0.4, 0.5) is 5.69 Å². The van der Waals surface area contributed by atoms with Gasteiger partial charge in [-0.05, 0) is 40.5 Å². The molecule has 88 valence electrons. The molecule has 0 fully saturated rings. The number of hydrogen-bond donors (Lipinski definition) is 2. The molecular weight excluding hydrogens is 272 g/mol. The largest absolute Gasteiger partial charge is 0.398 e. The van der Waals surface area contributed by atoms with E-state index in [9.17, 15) is 4.79 Å². The van der Waals surface area contributed by atoms with Crippen LogP contribution >= 0.6 is 15.9 Å². The van der Waals surface area contributed by atoms with Crippen molar-refractivity contribution in [1.82, 2.24) is 5.32 Å². The number of anilines is 1. The molecular formula is C11H15BrN2O2. The van der Waals surface area contributed by atoms with Gasteiger partial charge < -0.3 is 15.8 Å². The molecule has 0 radical (unpaired) electrons. The first-order valence-electron chi connectivity index (χ1n) is 4.97. The molecule has 0 heterocycles. The van der Waals surface area contributed by atoms with E-state index in [-0.39, 0.29) is 5.91 Å². The maximum Gasteiger partial charge on any atom is 0.251 e. The summed E-state index contributed by atoms with van der Waals surface area (Å²) in [7, 11) is 1.64. The Kier molecular flexibility index (Phi) is 5.28. The Hall–Kier alpha value is -1.07. The van der Waals surface area contributed by atoms with Crippen LogP contribution in [0.2, 0.25) is 0 Å². The van der Waals surface area contributed by atoms with Gasteiger partial charge >= 0.3 is 0 Å². The molecule has 0 atom stereocenters. The van der Waals surface area contributed by atoms with Crippen LogP contribution in [0.25, 0.3) is 0 Å². The van der Waals surface area contributed by atoms with Gasteiger partial charge in [0.1, 0.15) is 0 Å². The number of hydrogen-bond acceptors (Lipinski definition) is 3. The standard InChI is InChI=1S/C11H15BrN2O2/c1-16-6-2-5-14-11(15)8-3-4-9(12)10(13)7-8/h3-4,7H,2,5-6,13H2,1H3,(H,14,15). The monoisotopic (exact) mass is 286 g/mol. The molecule has 1 rings (SSSR count). The highest BCUT2D eigenvalue weighted by Crippen LogP contribution is 2.19. The van der Waals surface area contributed by atoms with Gasteiger partial charge in [-0.1, -0.05) is 0 Å². The van der Waals surface area contributed by atoms with Crippen molar-refractivity contribution in [2.45, 2.75) is 6.42 Å². The normalized spacial score (nSPS) is 10.1.